The van der Waals surface area contributed by atoms with Gasteiger partial charge in [-0.15, -0.1) is 0 Å². The predicted octanol–water partition coefficient (Wildman–Crippen LogP) is -2.01. The molecule has 188 valence electrons. The van der Waals surface area contributed by atoms with E-state index in [1.54, 1.807) is 13.2 Å². The highest BCUT2D eigenvalue weighted by Gasteiger charge is 2.28. The lowest BCUT2D eigenvalue weighted by Crippen LogP contribution is -3.00. The second-order valence-corrected chi connectivity index (χ2v) is 8.53. The van der Waals surface area contributed by atoms with E-state index in [9.17, 15) is 4.39 Å². The van der Waals surface area contributed by atoms with Crippen molar-refractivity contribution in [3.63, 3.8) is 0 Å². The van der Waals surface area contributed by atoms with E-state index >= 15 is 0 Å². The van der Waals surface area contributed by atoms with Crippen molar-refractivity contribution in [2.24, 2.45) is 0 Å². The second kappa shape index (κ2) is 10.8. The quantitative estimate of drug-likeness (QED) is 0.213. The topological polar surface area (TPSA) is 44.7 Å². The summed E-state index contributed by atoms with van der Waals surface area (Å²) >= 11 is 0. The minimum absolute atomic E-state index is 0. The Morgan fingerprint density at radius 3 is 2.67 bits per heavy atom. The van der Waals surface area contributed by atoms with Crippen molar-refractivity contribution in [2.75, 3.05) is 20.5 Å². The van der Waals surface area contributed by atoms with Crippen LogP contribution in [0.5, 0.6) is 23.0 Å². The SMILES string of the molecule is COc1ccc2cc3[n+](cc2c1OCCC[n+]1cccc(F)c1)CCc1cc2c(cc1-3)OCO2.[Cl-].[Cl-]. The van der Waals surface area contributed by atoms with Crippen LogP contribution < -0.4 is 52.9 Å². The largest absolute Gasteiger partial charge is 1.00 e. The zero-order valence-corrected chi connectivity index (χ0v) is 21.2. The summed E-state index contributed by atoms with van der Waals surface area (Å²) in [5.74, 6) is 2.81. The Labute approximate surface area is 221 Å². The molecule has 4 heterocycles. The van der Waals surface area contributed by atoms with Gasteiger partial charge in [0.1, 0.15) is 0 Å². The van der Waals surface area contributed by atoms with Crippen LogP contribution >= 0.6 is 0 Å². The van der Waals surface area contributed by atoms with Gasteiger partial charge in [-0.2, -0.15) is 4.57 Å². The molecule has 0 atom stereocenters. The number of hydrogen-bond donors (Lipinski definition) is 0. The average Bonchev–Trinajstić information content (AvgIpc) is 3.31. The lowest BCUT2D eigenvalue weighted by atomic mass is 9.95. The van der Waals surface area contributed by atoms with Crippen LogP contribution in [0.1, 0.15) is 12.0 Å². The summed E-state index contributed by atoms with van der Waals surface area (Å²) in [7, 11) is 1.65. The van der Waals surface area contributed by atoms with Gasteiger partial charge in [-0.3, -0.25) is 0 Å². The Balaban J connectivity index is 0.00000152. The molecule has 2 aromatic heterocycles. The van der Waals surface area contributed by atoms with Gasteiger partial charge < -0.3 is 43.8 Å². The van der Waals surface area contributed by atoms with Gasteiger partial charge in [0, 0.05) is 25.0 Å². The normalized spacial score (nSPS) is 12.7. The lowest BCUT2D eigenvalue weighted by Gasteiger charge is -2.18. The number of fused-ring (bicyclic) bond motifs is 5. The maximum atomic E-state index is 13.4. The number of hydrogen-bond acceptors (Lipinski definition) is 4. The number of aryl methyl sites for hydroxylation is 3. The molecule has 6 rings (SSSR count). The van der Waals surface area contributed by atoms with Gasteiger partial charge in [-0.25, -0.2) is 8.96 Å². The fraction of sp³-hybridized carbons (Fsp3) is 0.259. The number of aromatic nitrogens is 2. The summed E-state index contributed by atoms with van der Waals surface area (Å²) in [6, 6.07) is 13.5. The standard InChI is InChI=1S/C27H25FN2O4.2ClH/c1-31-24-6-5-18-12-23-21-14-26-25(33-17-34-26)13-19(21)7-10-30(23)16-22(18)27(24)32-11-3-9-29-8-2-4-20(28)15-29;;/h2,4-6,8,12-16H,3,7,9-11,17H2,1H3;2*1H/q+2;;/p-2. The zero-order chi connectivity index (χ0) is 23.1. The summed E-state index contributed by atoms with van der Waals surface area (Å²) in [5, 5.41) is 2.08. The molecule has 0 fully saturated rings. The highest BCUT2D eigenvalue weighted by Crippen LogP contribution is 2.41. The molecule has 0 unspecified atom stereocenters. The Kier molecular flexibility index (Phi) is 7.71. The Morgan fingerprint density at radius 1 is 1.03 bits per heavy atom. The van der Waals surface area contributed by atoms with Crippen LogP contribution in [0.2, 0.25) is 0 Å². The first-order valence-electron chi connectivity index (χ1n) is 11.4. The molecule has 0 N–H and O–H groups in total. The van der Waals surface area contributed by atoms with E-state index in [2.05, 4.69) is 35.0 Å². The van der Waals surface area contributed by atoms with Crippen LogP contribution in [0.3, 0.4) is 0 Å². The minimum Gasteiger partial charge on any atom is -1.00 e. The predicted molar refractivity (Wildman–Crippen MR) is 123 cm³/mol. The molecule has 2 aliphatic heterocycles. The maximum Gasteiger partial charge on any atom is 0.231 e. The summed E-state index contributed by atoms with van der Waals surface area (Å²) in [4.78, 5) is 0. The van der Waals surface area contributed by atoms with Gasteiger partial charge >= 0.3 is 0 Å². The number of nitrogens with zero attached hydrogens (tertiary/aromatic N) is 2. The van der Waals surface area contributed by atoms with E-state index in [1.165, 1.54) is 23.4 Å². The van der Waals surface area contributed by atoms with Crippen molar-refractivity contribution < 1.29 is 57.3 Å². The molecule has 36 heavy (non-hydrogen) atoms. The number of rotatable bonds is 6. The summed E-state index contributed by atoms with van der Waals surface area (Å²) in [6.07, 6.45) is 7.16. The molecule has 0 radical (unpaired) electrons. The first kappa shape index (κ1) is 25.8. The second-order valence-electron chi connectivity index (χ2n) is 8.53. The van der Waals surface area contributed by atoms with Crippen LogP contribution in [0.25, 0.3) is 22.0 Å². The van der Waals surface area contributed by atoms with Crippen molar-refractivity contribution in [2.45, 2.75) is 25.9 Å². The van der Waals surface area contributed by atoms with Gasteiger partial charge in [0.05, 0.1) is 24.7 Å². The third kappa shape index (κ3) is 4.73. The van der Waals surface area contributed by atoms with Crippen molar-refractivity contribution in [3.8, 4) is 34.3 Å². The molecule has 0 saturated heterocycles. The number of benzene rings is 2. The van der Waals surface area contributed by atoms with Crippen LogP contribution in [0.4, 0.5) is 4.39 Å². The highest BCUT2D eigenvalue weighted by molar-refractivity contribution is 5.91. The van der Waals surface area contributed by atoms with Gasteiger partial charge in [-0.1, -0.05) is 0 Å². The summed E-state index contributed by atoms with van der Waals surface area (Å²) in [6.45, 7) is 2.30. The number of ether oxygens (including phenoxy) is 4. The molecule has 0 aliphatic carbocycles. The van der Waals surface area contributed by atoms with E-state index in [1.807, 2.05) is 16.8 Å². The first-order chi connectivity index (χ1) is 16.7. The average molecular weight is 531 g/mol. The van der Waals surface area contributed by atoms with Crippen molar-refractivity contribution in [3.05, 3.63) is 72.4 Å². The third-order valence-corrected chi connectivity index (χ3v) is 6.43. The van der Waals surface area contributed by atoms with E-state index in [0.29, 0.717) is 18.9 Å². The van der Waals surface area contributed by atoms with Crippen LogP contribution in [-0.4, -0.2) is 20.5 Å². The van der Waals surface area contributed by atoms with E-state index < -0.39 is 0 Å². The molecule has 0 amide bonds. The Morgan fingerprint density at radius 2 is 1.86 bits per heavy atom. The molecular formula is C27H25Cl2FN2O4. The van der Waals surface area contributed by atoms with Crippen LogP contribution in [0, 0.1) is 5.82 Å². The minimum atomic E-state index is -0.244. The Hall–Kier alpha value is -3.29. The fourth-order valence-corrected chi connectivity index (χ4v) is 4.76. The molecule has 9 heteroatoms. The monoisotopic (exact) mass is 530 g/mol. The van der Waals surface area contributed by atoms with Gasteiger partial charge in [0.2, 0.25) is 18.7 Å². The van der Waals surface area contributed by atoms with Crippen molar-refractivity contribution in [1.82, 2.24) is 0 Å². The van der Waals surface area contributed by atoms with E-state index in [0.717, 1.165) is 53.1 Å². The Bertz CT molecular complexity index is 1420. The van der Waals surface area contributed by atoms with Crippen LogP contribution in [0.15, 0.2) is 61.1 Å². The van der Waals surface area contributed by atoms with E-state index in [-0.39, 0.29) is 37.4 Å². The van der Waals surface area contributed by atoms with Crippen molar-refractivity contribution in [1.29, 1.82) is 0 Å². The molecule has 4 aromatic rings. The highest BCUT2D eigenvalue weighted by atomic mass is 35.5. The summed E-state index contributed by atoms with van der Waals surface area (Å²) < 4.78 is 40.6. The van der Waals surface area contributed by atoms with Crippen molar-refractivity contribution >= 4 is 10.8 Å². The van der Waals surface area contributed by atoms with Crippen LogP contribution in [-0.2, 0) is 19.5 Å². The third-order valence-electron chi connectivity index (χ3n) is 6.43. The number of pyridine rings is 2. The molecule has 0 bridgehead atoms. The number of methoxy groups -OCH3 is 1. The zero-order valence-electron chi connectivity index (χ0n) is 19.7. The number of halogens is 3. The van der Waals surface area contributed by atoms with Gasteiger partial charge in [0.15, 0.2) is 54.3 Å². The lowest BCUT2D eigenvalue weighted by molar-refractivity contribution is -0.698. The fourth-order valence-electron chi connectivity index (χ4n) is 4.76. The molecular weight excluding hydrogens is 506 g/mol. The molecule has 0 spiro atoms. The smallest absolute Gasteiger partial charge is 0.231 e. The van der Waals surface area contributed by atoms with Gasteiger partial charge in [-0.05, 0) is 41.3 Å². The van der Waals surface area contributed by atoms with E-state index in [4.69, 9.17) is 18.9 Å². The molecule has 2 aliphatic rings. The maximum absolute atomic E-state index is 13.4. The molecule has 6 nitrogen and oxygen atoms in total. The molecule has 2 aromatic carbocycles. The molecule has 0 saturated carbocycles. The van der Waals surface area contributed by atoms with Gasteiger partial charge in [0.25, 0.3) is 0 Å². The summed E-state index contributed by atoms with van der Waals surface area (Å²) in [5.41, 5.74) is 3.58. The first-order valence-corrected chi connectivity index (χ1v) is 11.4.